The van der Waals surface area contributed by atoms with Crippen LogP contribution >= 0.6 is 8.69 Å². The van der Waals surface area contributed by atoms with Gasteiger partial charge in [-0.05, 0) is 12.0 Å². The Morgan fingerprint density at radius 3 is 2.23 bits per heavy atom. The fourth-order valence-electron chi connectivity index (χ4n) is 0.781. The zero-order valence-corrected chi connectivity index (χ0v) is 11.7. The van der Waals surface area contributed by atoms with Crippen molar-refractivity contribution < 1.29 is 60.8 Å². The van der Waals surface area contributed by atoms with Gasteiger partial charge in [-0.2, -0.15) is 0 Å². The van der Waals surface area contributed by atoms with Crippen molar-refractivity contribution in [1.29, 1.82) is 0 Å². The number of hydrogen-bond donors (Lipinski definition) is 0. The summed E-state index contributed by atoms with van der Waals surface area (Å²) in [5.41, 5.74) is 1.33. The maximum absolute atomic E-state index is 8.35. The van der Waals surface area contributed by atoms with Crippen molar-refractivity contribution >= 4 is 8.69 Å². The second-order valence-corrected chi connectivity index (χ2v) is 2.20. The molecule has 0 saturated heterocycles. The summed E-state index contributed by atoms with van der Waals surface area (Å²) in [4.78, 5) is 8.35. The number of hydrogen-bond acceptors (Lipinski definition) is 2. The SMILES string of the molecule is C=CCc1ccccc1.O=P[O-].[K+]. The zero-order chi connectivity index (χ0) is 9.23. The molecule has 1 rings (SSSR count). The number of benzene rings is 1. The zero-order valence-electron chi connectivity index (χ0n) is 7.64. The third-order valence-electron chi connectivity index (χ3n) is 1.22. The second kappa shape index (κ2) is 12.7. The molecule has 1 aromatic rings. The Morgan fingerprint density at radius 2 is 1.85 bits per heavy atom. The Balaban J connectivity index is 0. The summed E-state index contributed by atoms with van der Waals surface area (Å²) < 4.78 is 8.35. The Morgan fingerprint density at radius 1 is 1.38 bits per heavy atom. The van der Waals surface area contributed by atoms with Gasteiger partial charge in [-0.25, -0.2) is 0 Å². The molecule has 0 aliphatic rings. The maximum atomic E-state index is 8.35. The molecule has 0 bridgehead atoms. The van der Waals surface area contributed by atoms with Crippen LogP contribution in [0, 0.1) is 0 Å². The Kier molecular flexibility index (Phi) is 15.7. The fraction of sp³-hybridized carbons (Fsp3) is 0.111. The smallest absolute Gasteiger partial charge is 0.772 e. The molecule has 0 unspecified atom stereocenters. The monoisotopic (exact) mass is 220 g/mol. The van der Waals surface area contributed by atoms with E-state index in [0.29, 0.717) is 0 Å². The van der Waals surface area contributed by atoms with Crippen LogP contribution in [0.2, 0.25) is 0 Å². The van der Waals surface area contributed by atoms with Gasteiger partial charge in [-0.3, -0.25) is 4.57 Å². The van der Waals surface area contributed by atoms with E-state index in [1.54, 1.807) is 0 Å². The van der Waals surface area contributed by atoms with Crippen molar-refractivity contribution in [1.82, 2.24) is 0 Å². The van der Waals surface area contributed by atoms with Crippen LogP contribution < -0.4 is 56.3 Å². The number of rotatable bonds is 2. The van der Waals surface area contributed by atoms with Gasteiger partial charge in [-0.1, -0.05) is 36.4 Å². The summed E-state index contributed by atoms with van der Waals surface area (Å²) in [6.45, 7) is 3.66. The van der Waals surface area contributed by atoms with E-state index >= 15 is 0 Å². The van der Waals surface area contributed by atoms with Crippen LogP contribution in [0.25, 0.3) is 0 Å². The summed E-state index contributed by atoms with van der Waals surface area (Å²) in [5.74, 6) is 0. The summed E-state index contributed by atoms with van der Waals surface area (Å²) in [6.07, 6.45) is 2.89. The summed E-state index contributed by atoms with van der Waals surface area (Å²) in [5, 5.41) is 0. The molecule has 64 valence electrons. The van der Waals surface area contributed by atoms with Gasteiger partial charge in [0.1, 0.15) is 0 Å². The van der Waals surface area contributed by atoms with E-state index in [4.69, 9.17) is 9.46 Å². The molecule has 0 amide bonds. The van der Waals surface area contributed by atoms with Gasteiger partial charge >= 0.3 is 51.4 Å². The third-order valence-corrected chi connectivity index (χ3v) is 1.22. The molecular formula is C9H10KO2P. The molecule has 1 aromatic carbocycles. The summed E-state index contributed by atoms with van der Waals surface area (Å²) >= 11 is 0. The number of allylic oxidation sites excluding steroid dienone is 1. The van der Waals surface area contributed by atoms with Gasteiger partial charge < -0.3 is 4.89 Å². The standard InChI is InChI=1S/C9H10.K.HO2P/c1-2-6-9-7-4-3-5-8-9;;1-3-2/h2-5,7-8H,1,6H2;;(H,1,2)/q;+1;/p-1. The molecule has 4 heteroatoms. The minimum Gasteiger partial charge on any atom is -0.772 e. The predicted molar refractivity (Wildman–Crippen MR) is 47.9 cm³/mol. The normalized spacial score (nSPS) is 7.77. The molecule has 0 aliphatic heterocycles. The van der Waals surface area contributed by atoms with E-state index in [0.717, 1.165) is 6.42 Å². The largest absolute Gasteiger partial charge is 1.00 e. The van der Waals surface area contributed by atoms with Crippen LogP contribution in [0.1, 0.15) is 5.56 Å². The van der Waals surface area contributed by atoms with E-state index in [-0.39, 0.29) is 51.4 Å². The molecule has 0 N–H and O–H groups in total. The first-order valence-electron chi connectivity index (χ1n) is 3.45. The molecule has 0 radical (unpaired) electrons. The first-order valence-corrected chi connectivity index (χ1v) is 4.18. The first-order chi connectivity index (χ1) is 5.85. The van der Waals surface area contributed by atoms with Crippen LogP contribution in [0.3, 0.4) is 0 Å². The van der Waals surface area contributed by atoms with E-state index in [1.807, 2.05) is 24.3 Å². The van der Waals surface area contributed by atoms with Crippen LogP contribution in [-0.2, 0) is 11.0 Å². The molecule has 0 atom stereocenters. The van der Waals surface area contributed by atoms with Crippen molar-refractivity contribution in [3.8, 4) is 0 Å². The van der Waals surface area contributed by atoms with Crippen molar-refractivity contribution in [2.75, 3.05) is 0 Å². The van der Waals surface area contributed by atoms with Crippen molar-refractivity contribution in [2.45, 2.75) is 6.42 Å². The van der Waals surface area contributed by atoms with E-state index in [2.05, 4.69) is 18.7 Å². The molecule has 0 saturated carbocycles. The average molecular weight is 220 g/mol. The Hall–Kier alpha value is 0.656. The van der Waals surface area contributed by atoms with Gasteiger partial charge in [0.2, 0.25) is 0 Å². The van der Waals surface area contributed by atoms with Crippen LogP contribution in [0.4, 0.5) is 0 Å². The Labute approximate surface area is 123 Å². The molecule has 0 aliphatic carbocycles. The van der Waals surface area contributed by atoms with E-state index in [9.17, 15) is 0 Å². The maximum Gasteiger partial charge on any atom is 1.00 e. The van der Waals surface area contributed by atoms with Gasteiger partial charge in [-0.15, -0.1) is 6.58 Å². The molecule has 13 heavy (non-hydrogen) atoms. The van der Waals surface area contributed by atoms with Crippen molar-refractivity contribution in [2.24, 2.45) is 0 Å². The molecular weight excluding hydrogens is 210 g/mol. The van der Waals surface area contributed by atoms with E-state index < -0.39 is 8.69 Å². The van der Waals surface area contributed by atoms with Crippen molar-refractivity contribution in [3.05, 3.63) is 48.6 Å². The van der Waals surface area contributed by atoms with Gasteiger partial charge in [0.25, 0.3) is 0 Å². The van der Waals surface area contributed by atoms with Crippen LogP contribution in [-0.4, -0.2) is 0 Å². The fourth-order valence-corrected chi connectivity index (χ4v) is 0.781. The molecule has 0 aromatic heterocycles. The van der Waals surface area contributed by atoms with Crippen LogP contribution in [0.15, 0.2) is 43.0 Å². The molecule has 0 fully saturated rings. The molecule has 0 heterocycles. The minimum absolute atomic E-state index is 0. The topological polar surface area (TPSA) is 40.1 Å². The molecule has 2 nitrogen and oxygen atoms in total. The average Bonchev–Trinajstić information content (AvgIpc) is 2.08. The first kappa shape index (κ1) is 16.1. The van der Waals surface area contributed by atoms with Gasteiger partial charge in [0.05, 0.1) is 8.69 Å². The predicted octanol–water partition coefficient (Wildman–Crippen LogP) is -1.03. The third kappa shape index (κ3) is 10.6. The quantitative estimate of drug-likeness (QED) is 0.363. The Bertz CT molecular complexity index is 226. The van der Waals surface area contributed by atoms with Gasteiger partial charge in [0, 0.05) is 0 Å². The van der Waals surface area contributed by atoms with Crippen LogP contribution in [0.5, 0.6) is 0 Å². The van der Waals surface area contributed by atoms with Crippen molar-refractivity contribution in [3.63, 3.8) is 0 Å². The summed E-state index contributed by atoms with van der Waals surface area (Å²) in [7, 11) is -1.08. The second-order valence-electron chi connectivity index (χ2n) is 2.05. The van der Waals surface area contributed by atoms with Gasteiger partial charge in [0.15, 0.2) is 0 Å². The minimum atomic E-state index is -1.08. The van der Waals surface area contributed by atoms with E-state index in [1.165, 1.54) is 5.56 Å². The molecule has 0 spiro atoms. The summed E-state index contributed by atoms with van der Waals surface area (Å²) in [6, 6.07) is 10.3.